The summed E-state index contributed by atoms with van der Waals surface area (Å²) >= 11 is 5.89. The van der Waals surface area contributed by atoms with E-state index in [0.717, 1.165) is 0 Å². The number of carboxylic acid groups (broad SMARTS) is 1. The summed E-state index contributed by atoms with van der Waals surface area (Å²) < 4.78 is 26.2. The maximum atomic E-state index is 12.1. The molecule has 1 amide bonds. The molecule has 1 aromatic carbocycles. The fraction of sp³-hybridized carbons (Fsp3) is 0.273. The van der Waals surface area contributed by atoms with Crippen molar-refractivity contribution in [2.45, 2.75) is 24.3 Å². The minimum absolute atomic E-state index is 0.0590. The summed E-state index contributed by atoms with van der Waals surface area (Å²) in [4.78, 5) is 21.7. The van der Waals surface area contributed by atoms with E-state index in [2.05, 4.69) is 5.32 Å². The van der Waals surface area contributed by atoms with Gasteiger partial charge in [0.25, 0.3) is 0 Å². The second-order valence-electron chi connectivity index (χ2n) is 4.35. The number of sulfonamides is 1. The lowest BCUT2D eigenvalue weighted by Gasteiger charge is -2.12. The molecule has 0 bridgehead atoms. The van der Waals surface area contributed by atoms with Crippen molar-refractivity contribution in [3.8, 4) is 0 Å². The molecule has 108 valence electrons. The molecule has 0 unspecified atom stereocenters. The second-order valence-corrected chi connectivity index (χ2v) is 6.44. The highest BCUT2D eigenvalue weighted by molar-refractivity contribution is 7.89. The quantitative estimate of drug-likeness (QED) is 0.752. The van der Waals surface area contributed by atoms with Crippen LogP contribution in [0.3, 0.4) is 0 Å². The van der Waals surface area contributed by atoms with Gasteiger partial charge in [0.15, 0.2) is 0 Å². The van der Waals surface area contributed by atoms with Crippen molar-refractivity contribution in [3.05, 3.63) is 22.7 Å². The molecule has 1 atom stereocenters. The van der Waals surface area contributed by atoms with Crippen molar-refractivity contribution in [2.75, 3.05) is 5.32 Å². The van der Waals surface area contributed by atoms with Gasteiger partial charge in [-0.05, 0) is 24.6 Å². The molecule has 0 saturated carbocycles. The normalized spacial score (nSPS) is 15.6. The minimum atomic E-state index is -4.08. The molecule has 1 heterocycles. The molecule has 0 aliphatic carbocycles. The molecule has 0 radical (unpaired) electrons. The standard InChI is InChI=1S/C11H11ClN2O5S/c1-5(11(16)17)14-20(18,19)9-2-6-3-10(15)13-8(6)4-7(9)12/h2,4-5,14H,3H2,1H3,(H,13,15)(H,16,17)/t5-/m1/s1. The van der Waals surface area contributed by atoms with Crippen LogP contribution >= 0.6 is 11.6 Å². The molecular formula is C11H11ClN2O5S. The third-order valence-corrected chi connectivity index (χ3v) is 4.78. The number of carbonyl (C=O) groups is 2. The van der Waals surface area contributed by atoms with Gasteiger partial charge >= 0.3 is 5.97 Å². The van der Waals surface area contributed by atoms with Crippen molar-refractivity contribution in [3.63, 3.8) is 0 Å². The van der Waals surface area contributed by atoms with E-state index in [1.54, 1.807) is 0 Å². The van der Waals surface area contributed by atoms with Crippen LogP contribution in [0.15, 0.2) is 17.0 Å². The van der Waals surface area contributed by atoms with Crippen LogP contribution in [0.2, 0.25) is 5.02 Å². The molecule has 2 rings (SSSR count). The fourth-order valence-electron chi connectivity index (χ4n) is 1.78. The van der Waals surface area contributed by atoms with Crippen LogP contribution in [0.1, 0.15) is 12.5 Å². The number of benzene rings is 1. The Morgan fingerprint density at radius 3 is 2.75 bits per heavy atom. The molecule has 0 aromatic heterocycles. The summed E-state index contributed by atoms with van der Waals surface area (Å²) in [7, 11) is -4.08. The van der Waals surface area contributed by atoms with Gasteiger partial charge in [-0.1, -0.05) is 11.6 Å². The first-order chi connectivity index (χ1) is 9.20. The first kappa shape index (κ1) is 14.8. The van der Waals surface area contributed by atoms with E-state index in [1.807, 2.05) is 4.72 Å². The Morgan fingerprint density at radius 2 is 2.15 bits per heavy atom. The van der Waals surface area contributed by atoms with E-state index in [-0.39, 0.29) is 22.2 Å². The Bertz CT molecular complexity index is 701. The second kappa shape index (κ2) is 5.04. The molecular weight excluding hydrogens is 308 g/mol. The minimum Gasteiger partial charge on any atom is -0.480 e. The van der Waals surface area contributed by atoms with Crippen LogP contribution in [0.4, 0.5) is 5.69 Å². The third-order valence-electron chi connectivity index (χ3n) is 2.77. The number of hydrogen-bond acceptors (Lipinski definition) is 4. The summed E-state index contributed by atoms with van der Waals surface area (Å²) in [5.74, 6) is -1.56. The van der Waals surface area contributed by atoms with Gasteiger partial charge in [-0.25, -0.2) is 8.42 Å². The van der Waals surface area contributed by atoms with Crippen LogP contribution in [0.5, 0.6) is 0 Å². The number of halogens is 1. The van der Waals surface area contributed by atoms with E-state index in [4.69, 9.17) is 16.7 Å². The first-order valence-corrected chi connectivity index (χ1v) is 7.44. The third kappa shape index (κ3) is 2.77. The Kier molecular flexibility index (Phi) is 3.72. The highest BCUT2D eigenvalue weighted by atomic mass is 35.5. The number of carboxylic acids is 1. The van der Waals surface area contributed by atoms with Gasteiger partial charge in [0, 0.05) is 5.69 Å². The van der Waals surface area contributed by atoms with E-state index in [9.17, 15) is 18.0 Å². The average Bonchev–Trinajstić information content (AvgIpc) is 2.66. The highest BCUT2D eigenvalue weighted by Gasteiger charge is 2.27. The van der Waals surface area contributed by atoms with E-state index in [1.165, 1.54) is 19.1 Å². The molecule has 1 aliphatic heterocycles. The highest BCUT2D eigenvalue weighted by Crippen LogP contribution is 2.32. The molecule has 0 saturated heterocycles. The molecule has 0 fully saturated rings. The van der Waals surface area contributed by atoms with E-state index in [0.29, 0.717) is 11.3 Å². The van der Waals surface area contributed by atoms with E-state index < -0.39 is 22.0 Å². The van der Waals surface area contributed by atoms with Crippen LogP contribution < -0.4 is 10.0 Å². The van der Waals surface area contributed by atoms with Gasteiger partial charge in [0.2, 0.25) is 15.9 Å². The predicted molar refractivity (Wildman–Crippen MR) is 71.2 cm³/mol. The Labute approximate surface area is 120 Å². The number of amides is 1. The largest absolute Gasteiger partial charge is 0.480 e. The predicted octanol–water partition coefficient (Wildman–Crippen LogP) is 0.586. The number of rotatable bonds is 4. The van der Waals surface area contributed by atoms with Crippen molar-refractivity contribution in [1.82, 2.24) is 4.72 Å². The van der Waals surface area contributed by atoms with Crippen molar-refractivity contribution in [1.29, 1.82) is 0 Å². The van der Waals surface area contributed by atoms with Crippen LogP contribution in [-0.4, -0.2) is 31.4 Å². The topological polar surface area (TPSA) is 113 Å². The maximum Gasteiger partial charge on any atom is 0.321 e. The van der Waals surface area contributed by atoms with Gasteiger partial charge < -0.3 is 10.4 Å². The first-order valence-electron chi connectivity index (χ1n) is 5.58. The molecule has 1 aliphatic rings. The van der Waals surface area contributed by atoms with Crippen LogP contribution in [0.25, 0.3) is 0 Å². The number of carbonyl (C=O) groups excluding carboxylic acids is 1. The lowest BCUT2D eigenvalue weighted by molar-refractivity contribution is -0.138. The Morgan fingerprint density at radius 1 is 1.50 bits per heavy atom. The van der Waals surface area contributed by atoms with Crippen molar-refractivity contribution >= 4 is 39.2 Å². The monoisotopic (exact) mass is 318 g/mol. The number of anilines is 1. The SMILES string of the molecule is C[C@@H](NS(=O)(=O)c1cc2c(cc1Cl)NC(=O)C2)C(=O)O. The van der Waals surface area contributed by atoms with Gasteiger partial charge in [-0.3, -0.25) is 9.59 Å². The molecule has 7 nitrogen and oxygen atoms in total. The van der Waals surface area contributed by atoms with Gasteiger partial charge in [0.1, 0.15) is 10.9 Å². The summed E-state index contributed by atoms with van der Waals surface area (Å²) in [6.07, 6.45) is 0.0590. The number of hydrogen-bond donors (Lipinski definition) is 3. The number of aliphatic carboxylic acids is 1. The lowest BCUT2D eigenvalue weighted by atomic mass is 10.2. The molecule has 20 heavy (non-hydrogen) atoms. The lowest BCUT2D eigenvalue weighted by Crippen LogP contribution is -2.38. The zero-order valence-corrected chi connectivity index (χ0v) is 11.9. The zero-order chi connectivity index (χ0) is 15.1. The Hall–Kier alpha value is -1.64. The number of fused-ring (bicyclic) bond motifs is 1. The van der Waals surface area contributed by atoms with Crippen LogP contribution in [0, 0.1) is 0 Å². The zero-order valence-electron chi connectivity index (χ0n) is 10.3. The number of nitrogens with one attached hydrogen (secondary N) is 2. The smallest absolute Gasteiger partial charge is 0.321 e. The fourth-order valence-corrected chi connectivity index (χ4v) is 3.55. The molecule has 1 aromatic rings. The molecule has 9 heteroatoms. The van der Waals surface area contributed by atoms with Gasteiger partial charge in [-0.15, -0.1) is 0 Å². The van der Waals surface area contributed by atoms with Gasteiger partial charge in [-0.2, -0.15) is 4.72 Å². The average molecular weight is 319 g/mol. The van der Waals surface area contributed by atoms with Crippen LogP contribution in [-0.2, 0) is 26.0 Å². The summed E-state index contributed by atoms with van der Waals surface area (Å²) in [5.41, 5.74) is 0.966. The summed E-state index contributed by atoms with van der Waals surface area (Å²) in [6.45, 7) is 1.20. The maximum absolute atomic E-state index is 12.1. The molecule has 3 N–H and O–H groups in total. The van der Waals surface area contributed by atoms with Crippen molar-refractivity contribution in [2.24, 2.45) is 0 Å². The van der Waals surface area contributed by atoms with Crippen molar-refractivity contribution < 1.29 is 23.1 Å². The Balaban J connectivity index is 2.41. The van der Waals surface area contributed by atoms with Gasteiger partial charge in [0.05, 0.1) is 11.4 Å². The summed E-state index contributed by atoms with van der Waals surface area (Å²) in [5, 5.41) is 11.2. The van der Waals surface area contributed by atoms with E-state index >= 15 is 0 Å². The molecule has 0 spiro atoms. The summed E-state index contributed by atoms with van der Waals surface area (Å²) in [6, 6.07) is 1.32.